The van der Waals surface area contributed by atoms with Gasteiger partial charge < -0.3 is 19.9 Å². The van der Waals surface area contributed by atoms with E-state index >= 15 is 0 Å². The molecule has 0 heterocycles. The van der Waals surface area contributed by atoms with Crippen molar-refractivity contribution in [2.75, 3.05) is 11.9 Å². The van der Waals surface area contributed by atoms with E-state index in [1.165, 1.54) is 36.4 Å². The lowest BCUT2D eigenvalue weighted by molar-refractivity contribution is -0.137. The number of ether oxygens (including phenoxy) is 2. The van der Waals surface area contributed by atoms with Crippen LogP contribution in [0.1, 0.15) is 43.6 Å². The number of esters is 1. The van der Waals surface area contributed by atoms with Crippen LogP contribution in [0.25, 0.3) is 0 Å². The number of hydrogen-bond acceptors (Lipinski definition) is 5. The Balaban J connectivity index is 1.90. The average Bonchev–Trinajstić information content (AvgIpc) is 2.79. The van der Waals surface area contributed by atoms with Gasteiger partial charge in [-0.25, -0.2) is 14.0 Å². The summed E-state index contributed by atoms with van der Waals surface area (Å²) < 4.78 is 63.4. The second-order valence-corrected chi connectivity index (χ2v) is 6.98. The number of hydrogen-bond donors (Lipinski definition) is 2. The molecule has 7 nitrogen and oxygen atoms in total. The van der Waals surface area contributed by atoms with Crippen molar-refractivity contribution in [2.24, 2.45) is 0 Å². The molecule has 3 aromatic rings. The number of amides is 1. The van der Waals surface area contributed by atoms with Crippen molar-refractivity contribution in [3.63, 3.8) is 0 Å². The zero-order chi connectivity index (χ0) is 25.8. The van der Waals surface area contributed by atoms with Crippen LogP contribution in [-0.2, 0) is 10.9 Å². The number of carbonyl (C=O) groups excluding carboxylic acids is 2. The van der Waals surface area contributed by atoms with Crippen molar-refractivity contribution in [2.45, 2.75) is 13.1 Å². The molecule has 11 heteroatoms. The van der Waals surface area contributed by atoms with Crippen LogP contribution in [0.4, 0.5) is 23.2 Å². The van der Waals surface area contributed by atoms with Gasteiger partial charge in [-0.3, -0.25) is 4.79 Å². The summed E-state index contributed by atoms with van der Waals surface area (Å²) in [5, 5.41) is 11.7. The number of aromatic carboxylic acids is 1. The Morgan fingerprint density at radius 2 is 1.66 bits per heavy atom. The first kappa shape index (κ1) is 25.2. The lowest BCUT2D eigenvalue weighted by atomic mass is 10.1. The van der Waals surface area contributed by atoms with Crippen molar-refractivity contribution in [3.05, 3.63) is 88.7 Å². The summed E-state index contributed by atoms with van der Waals surface area (Å²) in [7, 11) is 0. The van der Waals surface area contributed by atoms with Crippen LogP contribution >= 0.6 is 0 Å². The molecule has 3 rings (SSSR count). The Bertz CT molecular complexity index is 1290. The quantitative estimate of drug-likeness (QED) is 0.322. The van der Waals surface area contributed by atoms with Crippen LogP contribution in [0, 0.1) is 5.82 Å². The second-order valence-electron chi connectivity index (χ2n) is 6.98. The Labute approximate surface area is 195 Å². The monoisotopic (exact) mass is 491 g/mol. The molecule has 1 amide bonds. The SMILES string of the molecule is CCOC(=O)c1ccc(Oc2ccccc2NC(=O)c2cc(C(F)(F)F)ccc2F)cc1C(=O)O. The maximum Gasteiger partial charge on any atom is 0.416 e. The summed E-state index contributed by atoms with van der Waals surface area (Å²) in [5.74, 6) is -4.62. The predicted molar refractivity (Wildman–Crippen MR) is 115 cm³/mol. The number of rotatable bonds is 7. The molecular weight excluding hydrogens is 474 g/mol. The minimum absolute atomic E-state index is 0.0199. The molecule has 0 aliphatic carbocycles. The Morgan fingerprint density at radius 3 is 2.31 bits per heavy atom. The van der Waals surface area contributed by atoms with Gasteiger partial charge in [-0.15, -0.1) is 0 Å². The highest BCUT2D eigenvalue weighted by atomic mass is 19.4. The Hall–Kier alpha value is -4.41. The molecule has 0 aromatic heterocycles. The van der Waals surface area contributed by atoms with Gasteiger partial charge in [0.2, 0.25) is 0 Å². The van der Waals surface area contributed by atoms with Crippen LogP contribution in [0.15, 0.2) is 60.7 Å². The van der Waals surface area contributed by atoms with Crippen molar-refractivity contribution in [1.82, 2.24) is 0 Å². The minimum atomic E-state index is -4.78. The average molecular weight is 491 g/mol. The molecule has 0 fully saturated rings. The number of carboxylic acids is 1. The fraction of sp³-hybridized carbons (Fsp3) is 0.125. The van der Waals surface area contributed by atoms with E-state index in [1.807, 2.05) is 0 Å². The van der Waals surface area contributed by atoms with Gasteiger partial charge >= 0.3 is 18.1 Å². The van der Waals surface area contributed by atoms with Gasteiger partial charge in [0.25, 0.3) is 5.91 Å². The van der Waals surface area contributed by atoms with Crippen molar-refractivity contribution in [1.29, 1.82) is 0 Å². The molecule has 35 heavy (non-hydrogen) atoms. The van der Waals surface area contributed by atoms with Gasteiger partial charge in [-0.2, -0.15) is 13.2 Å². The molecule has 0 saturated heterocycles. The number of anilines is 1. The summed E-state index contributed by atoms with van der Waals surface area (Å²) >= 11 is 0. The van der Waals surface area contributed by atoms with Gasteiger partial charge in [0.1, 0.15) is 11.6 Å². The van der Waals surface area contributed by atoms with E-state index in [0.29, 0.717) is 18.2 Å². The van der Waals surface area contributed by atoms with E-state index in [9.17, 15) is 37.1 Å². The Kier molecular flexibility index (Phi) is 7.38. The van der Waals surface area contributed by atoms with Crippen LogP contribution in [-0.4, -0.2) is 29.6 Å². The first-order valence-electron chi connectivity index (χ1n) is 10.0. The largest absolute Gasteiger partial charge is 0.478 e. The molecule has 0 spiro atoms. The van der Waals surface area contributed by atoms with Gasteiger partial charge in [0.05, 0.1) is 34.5 Å². The molecule has 0 saturated carbocycles. The zero-order valence-electron chi connectivity index (χ0n) is 18.0. The van der Waals surface area contributed by atoms with E-state index < -0.39 is 46.5 Å². The third-order valence-electron chi connectivity index (χ3n) is 4.62. The normalized spacial score (nSPS) is 11.0. The smallest absolute Gasteiger partial charge is 0.416 e. The summed E-state index contributed by atoms with van der Waals surface area (Å²) in [6, 6.07) is 10.7. The summed E-state index contributed by atoms with van der Waals surface area (Å²) in [6.07, 6.45) is -4.78. The first-order valence-corrected chi connectivity index (χ1v) is 10.0. The number of benzene rings is 3. The lowest BCUT2D eigenvalue weighted by Gasteiger charge is -2.14. The van der Waals surface area contributed by atoms with E-state index in [-0.39, 0.29) is 29.4 Å². The van der Waals surface area contributed by atoms with Gasteiger partial charge in [0, 0.05) is 0 Å². The van der Waals surface area contributed by atoms with Gasteiger partial charge in [0.15, 0.2) is 5.75 Å². The standard InChI is InChI=1S/C24H17F4NO6/c1-2-34-23(33)15-9-8-14(12-16(15)22(31)32)35-20-6-4-3-5-19(20)29-21(30)17-11-13(24(26,27)28)7-10-18(17)25/h3-12H,2H2,1H3,(H,29,30)(H,31,32). The molecule has 0 atom stereocenters. The van der Waals surface area contributed by atoms with Crippen molar-refractivity contribution in [3.8, 4) is 11.5 Å². The van der Waals surface area contributed by atoms with Crippen LogP contribution < -0.4 is 10.1 Å². The van der Waals surface area contributed by atoms with Crippen molar-refractivity contribution < 1.29 is 46.5 Å². The van der Waals surface area contributed by atoms with Crippen LogP contribution in [0.5, 0.6) is 11.5 Å². The lowest BCUT2D eigenvalue weighted by Crippen LogP contribution is -2.16. The molecule has 0 radical (unpaired) electrons. The topological polar surface area (TPSA) is 102 Å². The number of alkyl halides is 3. The zero-order valence-corrected chi connectivity index (χ0v) is 18.0. The Morgan fingerprint density at radius 1 is 0.943 bits per heavy atom. The molecular formula is C24H17F4NO6. The fourth-order valence-corrected chi connectivity index (χ4v) is 3.00. The van der Waals surface area contributed by atoms with Gasteiger partial charge in [-0.05, 0) is 55.5 Å². The summed E-state index contributed by atoms with van der Waals surface area (Å²) in [5.41, 5.74) is -2.65. The minimum Gasteiger partial charge on any atom is -0.478 e. The maximum absolute atomic E-state index is 14.1. The second kappa shape index (κ2) is 10.2. The fourth-order valence-electron chi connectivity index (χ4n) is 3.00. The summed E-state index contributed by atoms with van der Waals surface area (Å²) in [6.45, 7) is 1.60. The van der Waals surface area contributed by atoms with E-state index in [1.54, 1.807) is 6.92 Å². The van der Waals surface area contributed by atoms with Crippen LogP contribution in [0.3, 0.4) is 0 Å². The number of para-hydroxylation sites is 2. The highest BCUT2D eigenvalue weighted by molar-refractivity contribution is 6.05. The highest BCUT2D eigenvalue weighted by Crippen LogP contribution is 2.33. The molecule has 0 aliphatic rings. The molecule has 0 aliphatic heterocycles. The van der Waals surface area contributed by atoms with E-state index in [4.69, 9.17) is 9.47 Å². The molecule has 0 bridgehead atoms. The van der Waals surface area contributed by atoms with Gasteiger partial charge in [-0.1, -0.05) is 12.1 Å². The van der Waals surface area contributed by atoms with E-state index in [0.717, 1.165) is 6.07 Å². The number of carboxylic acid groups (broad SMARTS) is 1. The number of halogens is 4. The molecule has 3 aromatic carbocycles. The first-order chi connectivity index (χ1) is 16.5. The van der Waals surface area contributed by atoms with E-state index in [2.05, 4.69) is 5.32 Å². The number of nitrogens with one attached hydrogen (secondary N) is 1. The van der Waals surface area contributed by atoms with Crippen molar-refractivity contribution >= 4 is 23.5 Å². The highest BCUT2D eigenvalue weighted by Gasteiger charge is 2.32. The third kappa shape index (κ3) is 5.94. The maximum atomic E-state index is 14.1. The molecule has 2 N–H and O–H groups in total. The third-order valence-corrected chi connectivity index (χ3v) is 4.62. The van der Waals surface area contributed by atoms with Crippen LogP contribution in [0.2, 0.25) is 0 Å². The molecule has 0 unspecified atom stereocenters. The summed E-state index contributed by atoms with van der Waals surface area (Å²) in [4.78, 5) is 36.1. The number of carbonyl (C=O) groups is 3. The molecule has 182 valence electrons. The predicted octanol–water partition coefficient (Wildman–Crippen LogP) is 5.76.